The molecule has 1 amide bonds. The third-order valence-electron chi connectivity index (χ3n) is 2.50. The maximum absolute atomic E-state index is 11.9. The topological polar surface area (TPSA) is 61.4 Å². The first-order chi connectivity index (χ1) is 7.70. The number of carbonyl (C=O) groups is 1. The predicted molar refractivity (Wildman–Crippen MR) is 70.3 cm³/mol. The van der Waals surface area contributed by atoms with E-state index in [4.69, 9.17) is 0 Å². The molecule has 2 heterocycles. The number of aromatic nitrogens is 2. The van der Waals surface area contributed by atoms with Gasteiger partial charge in [-0.25, -0.2) is 0 Å². The van der Waals surface area contributed by atoms with Gasteiger partial charge >= 0.3 is 0 Å². The number of carbonyl (C=O) groups excluding carboxylic acids is 1. The largest absolute Gasteiger partial charge is 0.351 e. The van der Waals surface area contributed by atoms with Gasteiger partial charge in [-0.3, -0.25) is 4.79 Å². The van der Waals surface area contributed by atoms with Gasteiger partial charge in [-0.1, -0.05) is 0 Å². The Labute approximate surface area is 111 Å². The smallest absolute Gasteiger partial charge is 0.276 e. The second-order valence-corrected chi connectivity index (χ2v) is 4.40. The molecule has 17 heavy (non-hydrogen) atoms. The molecule has 1 saturated heterocycles. The molecule has 1 aromatic heterocycles. The lowest BCUT2D eigenvalue weighted by Crippen LogP contribution is -2.44. The van der Waals surface area contributed by atoms with Crippen LogP contribution in [0.1, 0.15) is 10.5 Å². The van der Waals surface area contributed by atoms with Crippen molar-refractivity contribution in [3.05, 3.63) is 5.69 Å². The lowest BCUT2D eigenvalue weighted by atomic mass is 10.3. The Kier molecular flexibility index (Phi) is 5.10. The molecule has 0 aromatic carbocycles. The predicted octanol–water partition coefficient (Wildman–Crippen LogP) is 0.0713. The standard InChI is InChI=1S/C9H15N5OS.ClH/c1-13(2)9(15)7-8(12-16-11-7)14-5-3-10-4-6-14;/h10H,3-6H2,1-2H3;1H. The third-order valence-corrected chi connectivity index (χ3v) is 3.02. The molecule has 0 spiro atoms. The molecule has 96 valence electrons. The highest BCUT2D eigenvalue weighted by molar-refractivity contribution is 6.99. The number of anilines is 1. The van der Waals surface area contributed by atoms with Gasteiger partial charge < -0.3 is 15.1 Å². The van der Waals surface area contributed by atoms with Crippen LogP contribution in [-0.4, -0.2) is 59.8 Å². The van der Waals surface area contributed by atoms with E-state index in [1.807, 2.05) is 0 Å². The van der Waals surface area contributed by atoms with E-state index >= 15 is 0 Å². The SMILES string of the molecule is CN(C)C(=O)c1nsnc1N1CCNCC1.Cl. The first-order valence-corrected chi connectivity index (χ1v) is 5.93. The van der Waals surface area contributed by atoms with Gasteiger partial charge in [0.05, 0.1) is 11.7 Å². The van der Waals surface area contributed by atoms with Gasteiger partial charge in [0.25, 0.3) is 5.91 Å². The second kappa shape index (κ2) is 6.13. The fourth-order valence-corrected chi connectivity index (χ4v) is 2.18. The van der Waals surface area contributed by atoms with Gasteiger partial charge in [0.15, 0.2) is 11.5 Å². The van der Waals surface area contributed by atoms with Gasteiger partial charge in [0, 0.05) is 40.3 Å². The van der Waals surface area contributed by atoms with Crippen LogP contribution in [0.5, 0.6) is 0 Å². The number of amides is 1. The Morgan fingerprint density at radius 3 is 2.59 bits per heavy atom. The Balaban J connectivity index is 0.00000144. The molecule has 1 fully saturated rings. The summed E-state index contributed by atoms with van der Waals surface area (Å²) >= 11 is 1.10. The summed E-state index contributed by atoms with van der Waals surface area (Å²) in [7, 11) is 3.45. The summed E-state index contributed by atoms with van der Waals surface area (Å²) in [5.41, 5.74) is 0.469. The van der Waals surface area contributed by atoms with Crippen LogP contribution in [0, 0.1) is 0 Å². The Morgan fingerprint density at radius 1 is 1.35 bits per heavy atom. The summed E-state index contributed by atoms with van der Waals surface area (Å²) in [5.74, 6) is 0.646. The molecule has 2 rings (SSSR count). The molecule has 0 radical (unpaired) electrons. The number of rotatable bonds is 2. The van der Waals surface area contributed by atoms with Crippen molar-refractivity contribution < 1.29 is 4.79 Å². The molecule has 0 saturated carbocycles. The Hall–Kier alpha value is -0.920. The van der Waals surface area contributed by atoms with Gasteiger partial charge in [0.1, 0.15) is 0 Å². The van der Waals surface area contributed by atoms with E-state index in [1.54, 1.807) is 14.1 Å². The third kappa shape index (κ3) is 3.05. The molecule has 1 N–H and O–H groups in total. The quantitative estimate of drug-likeness (QED) is 0.829. The van der Waals surface area contributed by atoms with Crippen LogP contribution in [0.15, 0.2) is 0 Å². The Bertz CT molecular complexity index is 377. The van der Waals surface area contributed by atoms with E-state index in [0.717, 1.165) is 43.7 Å². The van der Waals surface area contributed by atoms with E-state index in [1.165, 1.54) is 4.90 Å². The monoisotopic (exact) mass is 277 g/mol. The highest BCUT2D eigenvalue weighted by atomic mass is 35.5. The van der Waals surface area contributed by atoms with Crippen molar-refractivity contribution in [1.29, 1.82) is 0 Å². The van der Waals surface area contributed by atoms with E-state index < -0.39 is 0 Å². The normalized spacial score (nSPS) is 15.3. The van der Waals surface area contributed by atoms with Gasteiger partial charge in [-0.2, -0.15) is 8.75 Å². The van der Waals surface area contributed by atoms with Crippen molar-refractivity contribution in [3.8, 4) is 0 Å². The number of nitrogens with zero attached hydrogens (tertiary/aromatic N) is 4. The molecule has 1 aliphatic rings. The highest BCUT2D eigenvalue weighted by Crippen LogP contribution is 2.19. The zero-order chi connectivity index (χ0) is 11.5. The number of halogens is 1. The first-order valence-electron chi connectivity index (χ1n) is 5.20. The van der Waals surface area contributed by atoms with Crippen molar-refractivity contribution in [3.63, 3.8) is 0 Å². The van der Waals surface area contributed by atoms with Crippen LogP contribution >= 0.6 is 24.1 Å². The van der Waals surface area contributed by atoms with Crippen LogP contribution in [0.4, 0.5) is 5.82 Å². The lowest BCUT2D eigenvalue weighted by molar-refractivity contribution is 0.0823. The number of hydrogen-bond acceptors (Lipinski definition) is 6. The number of nitrogens with one attached hydrogen (secondary N) is 1. The van der Waals surface area contributed by atoms with Crippen LogP contribution in [0.3, 0.4) is 0 Å². The minimum atomic E-state index is -0.0812. The van der Waals surface area contributed by atoms with Crippen molar-refractivity contribution >= 4 is 35.9 Å². The molecule has 0 unspecified atom stereocenters. The minimum Gasteiger partial charge on any atom is -0.351 e. The number of piperazine rings is 1. The molecule has 1 aliphatic heterocycles. The maximum atomic E-state index is 11.9. The van der Waals surface area contributed by atoms with Crippen molar-refractivity contribution in [2.24, 2.45) is 0 Å². The van der Waals surface area contributed by atoms with Crippen LogP contribution < -0.4 is 10.2 Å². The summed E-state index contributed by atoms with van der Waals surface area (Å²) in [6.45, 7) is 3.60. The summed E-state index contributed by atoms with van der Waals surface area (Å²) < 4.78 is 8.31. The molecular formula is C9H16ClN5OS. The lowest BCUT2D eigenvalue weighted by Gasteiger charge is -2.27. The molecule has 0 atom stereocenters. The summed E-state index contributed by atoms with van der Waals surface area (Å²) in [5, 5.41) is 3.27. The van der Waals surface area contributed by atoms with Crippen molar-refractivity contribution in [1.82, 2.24) is 19.0 Å². The van der Waals surface area contributed by atoms with Crippen LogP contribution in [-0.2, 0) is 0 Å². The van der Waals surface area contributed by atoms with E-state index in [9.17, 15) is 4.79 Å². The molecule has 1 aromatic rings. The van der Waals surface area contributed by atoms with E-state index in [0.29, 0.717) is 5.69 Å². The van der Waals surface area contributed by atoms with Crippen LogP contribution in [0.2, 0.25) is 0 Å². The van der Waals surface area contributed by atoms with E-state index in [-0.39, 0.29) is 18.3 Å². The summed E-state index contributed by atoms with van der Waals surface area (Å²) in [6, 6.07) is 0. The molecule has 8 heteroatoms. The van der Waals surface area contributed by atoms with Crippen molar-refractivity contribution in [2.45, 2.75) is 0 Å². The van der Waals surface area contributed by atoms with Gasteiger partial charge in [-0.15, -0.1) is 12.4 Å². The molecule has 0 aliphatic carbocycles. The highest BCUT2D eigenvalue weighted by Gasteiger charge is 2.23. The summed E-state index contributed by atoms with van der Waals surface area (Å²) in [6.07, 6.45) is 0. The zero-order valence-electron chi connectivity index (χ0n) is 9.84. The van der Waals surface area contributed by atoms with Gasteiger partial charge in [-0.05, 0) is 0 Å². The fraction of sp³-hybridized carbons (Fsp3) is 0.667. The number of hydrogen-bond donors (Lipinski definition) is 1. The first kappa shape index (κ1) is 14.1. The molecular weight excluding hydrogens is 262 g/mol. The van der Waals surface area contributed by atoms with Crippen LogP contribution in [0.25, 0.3) is 0 Å². The molecule has 0 bridgehead atoms. The Morgan fingerprint density at radius 2 is 2.00 bits per heavy atom. The summed E-state index contributed by atoms with van der Waals surface area (Å²) in [4.78, 5) is 15.5. The average molecular weight is 278 g/mol. The second-order valence-electron chi connectivity index (χ2n) is 3.87. The molecule has 6 nitrogen and oxygen atoms in total. The van der Waals surface area contributed by atoms with Crippen molar-refractivity contribution in [2.75, 3.05) is 45.2 Å². The minimum absolute atomic E-state index is 0. The zero-order valence-corrected chi connectivity index (χ0v) is 11.5. The average Bonchev–Trinajstić information content (AvgIpc) is 2.77. The fourth-order valence-electron chi connectivity index (χ4n) is 1.61. The maximum Gasteiger partial charge on any atom is 0.276 e. The van der Waals surface area contributed by atoms with E-state index in [2.05, 4.69) is 19.0 Å². The van der Waals surface area contributed by atoms with Gasteiger partial charge in [0.2, 0.25) is 0 Å².